The zero-order chi connectivity index (χ0) is 13.7. The molecule has 2 atom stereocenters. The van der Waals surface area contributed by atoms with E-state index in [1.807, 2.05) is 0 Å². The van der Waals surface area contributed by atoms with Crippen LogP contribution in [-0.2, 0) is 4.79 Å². The van der Waals surface area contributed by atoms with Gasteiger partial charge in [-0.05, 0) is 38.8 Å². The van der Waals surface area contributed by atoms with Crippen molar-refractivity contribution in [3.8, 4) is 0 Å². The predicted molar refractivity (Wildman–Crippen MR) is 74.9 cm³/mol. The highest BCUT2D eigenvalue weighted by Crippen LogP contribution is 2.33. The van der Waals surface area contributed by atoms with Gasteiger partial charge in [-0.3, -0.25) is 9.69 Å². The Morgan fingerprint density at radius 2 is 2.11 bits per heavy atom. The number of amides is 1. The fourth-order valence-corrected chi connectivity index (χ4v) is 3.46. The molecule has 2 aliphatic heterocycles. The van der Waals surface area contributed by atoms with E-state index in [2.05, 4.69) is 15.5 Å². The third-order valence-electron chi connectivity index (χ3n) is 4.40. The largest absolute Gasteiger partial charge is 0.387 e. The van der Waals surface area contributed by atoms with Crippen LogP contribution in [-0.4, -0.2) is 60.3 Å². The van der Waals surface area contributed by atoms with Crippen molar-refractivity contribution < 1.29 is 9.90 Å². The van der Waals surface area contributed by atoms with E-state index in [0.29, 0.717) is 25.7 Å². The summed E-state index contributed by atoms with van der Waals surface area (Å²) in [4.78, 5) is 13.2. The van der Waals surface area contributed by atoms with E-state index < -0.39 is 5.60 Å². The van der Waals surface area contributed by atoms with Crippen molar-refractivity contribution in [2.75, 3.05) is 32.7 Å². The van der Waals surface area contributed by atoms with Gasteiger partial charge in [0.15, 0.2) is 0 Å². The Morgan fingerprint density at radius 1 is 1.32 bits per heavy atom. The fourth-order valence-electron chi connectivity index (χ4n) is 3.46. The SMILES string of the molecule is CC(=O)NCCNC[C@]1(O)CCCN2CCCC[C@@H]21. The molecule has 0 aromatic rings. The second kappa shape index (κ2) is 6.68. The van der Waals surface area contributed by atoms with Crippen molar-refractivity contribution in [2.45, 2.75) is 50.7 Å². The minimum atomic E-state index is -0.588. The summed E-state index contributed by atoms with van der Waals surface area (Å²) >= 11 is 0. The topological polar surface area (TPSA) is 64.6 Å². The maximum absolute atomic E-state index is 10.9. The third kappa shape index (κ3) is 3.91. The van der Waals surface area contributed by atoms with Crippen LogP contribution in [0.4, 0.5) is 0 Å². The molecule has 0 aliphatic carbocycles. The summed E-state index contributed by atoms with van der Waals surface area (Å²) in [5.41, 5.74) is -0.588. The third-order valence-corrected chi connectivity index (χ3v) is 4.40. The van der Waals surface area contributed by atoms with Crippen LogP contribution in [0.25, 0.3) is 0 Å². The molecule has 5 nitrogen and oxygen atoms in total. The summed E-state index contributed by atoms with van der Waals surface area (Å²) in [6.45, 7) is 5.77. The molecule has 2 rings (SSSR count). The Bertz CT molecular complexity index is 309. The maximum atomic E-state index is 10.9. The molecule has 0 spiro atoms. The molecule has 2 saturated heterocycles. The molecule has 2 aliphatic rings. The lowest BCUT2D eigenvalue weighted by molar-refractivity contribution is -0.118. The van der Waals surface area contributed by atoms with E-state index in [1.165, 1.54) is 19.8 Å². The van der Waals surface area contributed by atoms with Gasteiger partial charge in [0.25, 0.3) is 0 Å². The maximum Gasteiger partial charge on any atom is 0.216 e. The number of rotatable bonds is 5. The Hall–Kier alpha value is -0.650. The van der Waals surface area contributed by atoms with Crippen LogP contribution in [0, 0.1) is 0 Å². The number of nitrogens with zero attached hydrogens (tertiary/aromatic N) is 1. The van der Waals surface area contributed by atoms with Crippen LogP contribution < -0.4 is 10.6 Å². The van der Waals surface area contributed by atoms with Gasteiger partial charge in [-0.25, -0.2) is 0 Å². The van der Waals surface area contributed by atoms with Gasteiger partial charge in [-0.15, -0.1) is 0 Å². The molecule has 0 bridgehead atoms. The highest BCUT2D eigenvalue weighted by Gasteiger charge is 2.43. The standard InChI is InChI=1S/C14H27N3O2/c1-12(18)16-8-7-15-11-14(19)6-4-10-17-9-3-2-5-13(14)17/h13,15,19H,2-11H2,1H3,(H,16,18)/t13-,14-/m1/s1. The highest BCUT2D eigenvalue weighted by molar-refractivity contribution is 5.72. The monoisotopic (exact) mass is 269 g/mol. The van der Waals surface area contributed by atoms with Gasteiger partial charge in [0.2, 0.25) is 5.91 Å². The zero-order valence-corrected chi connectivity index (χ0v) is 12.0. The molecule has 19 heavy (non-hydrogen) atoms. The van der Waals surface area contributed by atoms with Crippen molar-refractivity contribution in [3.05, 3.63) is 0 Å². The zero-order valence-electron chi connectivity index (χ0n) is 12.0. The molecule has 2 heterocycles. The van der Waals surface area contributed by atoms with E-state index in [0.717, 1.165) is 32.4 Å². The van der Waals surface area contributed by atoms with Gasteiger partial charge in [-0.1, -0.05) is 6.42 Å². The van der Waals surface area contributed by atoms with E-state index in [4.69, 9.17) is 0 Å². The van der Waals surface area contributed by atoms with E-state index in [-0.39, 0.29) is 5.91 Å². The first-order valence-corrected chi connectivity index (χ1v) is 7.53. The van der Waals surface area contributed by atoms with Crippen molar-refractivity contribution in [2.24, 2.45) is 0 Å². The molecule has 2 fully saturated rings. The smallest absolute Gasteiger partial charge is 0.216 e. The minimum absolute atomic E-state index is 0.00312. The average Bonchev–Trinajstić information content (AvgIpc) is 2.38. The fraction of sp³-hybridized carbons (Fsp3) is 0.929. The van der Waals surface area contributed by atoms with Crippen molar-refractivity contribution in [1.82, 2.24) is 15.5 Å². The second-order valence-electron chi connectivity index (χ2n) is 5.91. The highest BCUT2D eigenvalue weighted by atomic mass is 16.3. The summed E-state index contributed by atoms with van der Waals surface area (Å²) < 4.78 is 0. The molecule has 1 amide bonds. The molecule has 3 N–H and O–H groups in total. The molecule has 0 saturated carbocycles. The summed E-state index contributed by atoms with van der Waals surface area (Å²) in [7, 11) is 0. The van der Waals surface area contributed by atoms with Crippen molar-refractivity contribution in [1.29, 1.82) is 0 Å². The summed E-state index contributed by atoms with van der Waals surface area (Å²) in [6.07, 6.45) is 5.59. The number of aliphatic hydroxyl groups is 1. The lowest BCUT2D eigenvalue weighted by atomic mass is 9.79. The summed E-state index contributed by atoms with van der Waals surface area (Å²) in [5.74, 6) is -0.00312. The van der Waals surface area contributed by atoms with Gasteiger partial charge in [0, 0.05) is 32.6 Å². The molecular weight excluding hydrogens is 242 g/mol. The lowest BCUT2D eigenvalue weighted by Crippen LogP contribution is -2.62. The Morgan fingerprint density at radius 3 is 2.89 bits per heavy atom. The molecule has 110 valence electrons. The van der Waals surface area contributed by atoms with Crippen LogP contribution in [0.1, 0.15) is 39.0 Å². The molecule has 0 aromatic carbocycles. The van der Waals surface area contributed by atoms with Gasteiger partial charge in [-0.2, -0.15) is 0 Å². The van der Waals surface area contributed by atoms with Crippen LogP contribution in [0.15, 0.2) is 0 Å². The lowest BCUT2D eigenvalue weighted by Gasteiger charge is -2.49. The number of fused-ring (bicyclic) bond motifs is 1. The predicted octanol–water partition coefficient (Wildman–Crippen LogP) is 0.0915. The molecule has 5 heteroatoms. The molecule has 0 aromatic heterocycles. The van der Waals surface area contributed by atoms with Crippen molar-refractivity contribution in [3.63, 3.8) is 0 Å². The Balaban J connectivity index is 1.77. The van der Waals surface area contributed by atoms with E-state index in [1.54, 1.807) is 0 Å². The van der Waals surface area contributed by atoms with Crippen LogP contribution in [0.2, 0.25) is 0 Å². The number of carbonyl (C=O) groups excluding carboxylic acids is 1. The molecular formula is C14H27N3O2. The molecule has 0 radical (unpaired) electrons. The Kier molecular flexibility index (Phi) is 5.19. The Labute approximate surface area is 115 Å². The summed E-state index contributed by atoms with van der Waals surface area (Å²) in [6, 6.07) is 0.322. The quantitative estimate of drug-likeness (QED) is 0.619. The molecule has 0 unspecified atom stereocenters. The average molecular weight is 269 g/mol. The van der Waals surface area contributed by atoms with Gasteiger partial charge >= 0.3 is 0 Å². The number of piperidine rings is 2. The van der Waals surface area contributed by atoms with E-state index in [9.17, 15) is 9.90 Å². The summed E-state index contributed by atoms with van der Waals surface area (Å²) in [5, 5.41) is 16.9. The number of hydrogen-bond acceptors (Lipinski definition) is 4. The van der Waals surface area contributed by atoms with Gasteiger partial charge < -0.3 is 15.7 Å². The second-order valence-corrected chi connectivity index (χ2v) is 5.91. The van der Waals surface area contributed by atoms with Gasteiger partial charge in [0.05, 0.1) is 5.60 Å². The number of hydrogen-bond donors (Lipinski definition) is 3. The van der Waals surface area contributed by atoms with Crippen molar-refractivity contribution >= 4 is 5.91 Å². The minimum Gasteiger partial charge on any atom is -0.387 e. The van der Waals surface area contributed by atoms with E-state index >= 15 is 0 Å². The van der Waals surface area contributed by atoms with Crippen LogP contribution in [0.5, 0.6) is 0 Å². The number of nitrogens with one attached hydrogen (secondary N) is 2. The first-order valence-electron chi connectivity index (χ1n) is 7.53. The number of carbonyl (C=O) groups is 1. The van der Waals surface area contributed by atoms with Gasteiger partial charge in [0.1, 0.15) is 0 Å². The normalized spacial score (nSPS) is 31.8. The first kappa shape index (κ1) is 14.8. The van der Waals surface area contributed by atoms with Crippen LogP contribution in [0.3, 0.4) is 0 Å². The van der Waals surface area contributed by atoms with Crippen LogP contribution >= 0.6 is 0 Å². The first-order chi connectivity index (χ1) is 9.12.